The summed E-state index contributed by atoms with van der Waals surface area (Å²) in [6.07, 6.45) is 10.1. The van der Waals surface area contributed by atoms with Crippen molar-refractivity contribution >= 4 is 10.0 Å². The molecular weight excluding hydrogens is 262 g/mol. The average Bonchev–Trinajstić information content (AvgIpc) is 2.74. The second-order valence-electron chi connectivity index (χ2n) is 5.98. The topological polar surface area (TPSA) is 69.4 Å². The van der Waals surface area contributed by atoms with E-state index in [1.54, 1.807) is 0 Å². The standard InChI is InChI=1S/C14H29NO3S/c1-2-3-4-5-8-11-18-12-14(9-6-7-10-14)13-19(15,16)17/h2-13H2,1H3,(H2,15,16,17). The van der Waals surface area contributed by atoms with Gasteiger partial charge in [0.15, 0.2) is 0 Å². The van der Waals surface area contributed by atoms with E-state index >= 15 is 0 Å². The van der Waals surface area contributed by atoms with Gasteiger partial charge in [0.25, 0.3) is 0 Å². The molecule has 0 aromatic rings. The smallest absolute Gasteiger partial charge is 0.209 e. The Morgan fingerprint density at radius 3 is 2.32 bits per heavy atom. The van der Waals surface area contributed by atoms with Crippen molar-refractivity contribution in [2.24, 2.45) is 10.6 Å². The van der Waals surface area contributed by atoms with Gasteiger partial charge in [0.2, 0.25) is 10.0 Å². The second kappa shape index (κ2) is 8.22. The molecule has 0 spiro atoms. The van der Waals surface area contributed by atoms with Crippen molar-refractivity contribution in [2.75, 3.05) is 19.0 Å². The minimum Gasteiger partial charge on any atom is -0.381 e. The van der Waals surface area contributed by atoms with Crippen LogP contribution in [-0.4, -0.2) is 27.4 Å². The highest BCUT2D eigenvalue weighted by Crippen LogP contribution is 2.39. The Labute approximate surface area is 118 Å². The Hall–Kier alpha value is -0.130. The fraction of sp³-hybridized carbons (Fsp3) is 1.00. The Morgan fingerprint density at radius 2 is 1.74 bits per heavy atom. The van der Waals surface area contributed by atoms with E-state index < -0.39 is 10.0 Å². The van der Waals surface area contributed by atoms with Crippen LogP contribution in [0, 0.1) is 5.41 Å². The second-order valence-corrected chi connectivity index (χ2v) is 7.60. The third-order valence-corrected chi connectivity index (χ3v) is 4.99. The summed E-state index contributed by atoms with van der Waals surface area (Å²) >= 11 is 0. The number of rotatable bonds is 10. The Kier molecular flexibility index (Phi) is 7.32. The van der Waals surface area contributed by atoms with Crippen molar-refractivity contribution in [2.45, 2.75) is 64.7 Å². The summed E-state index contributed by atoms with van der Waals surface area (Å²) < 4.78 is 28.4. The molecule has 0 amide bonds. The summed E-state index contributed by atoms with van der Waals surface area (Å²) in [6.45, 7) is 3.50. The molecule has 1 aliphatic rings. The zero-order valence-electron chi connectivity index (χ0n) is 12.2. The lowest BCUT2D eigenvalue weighted by atomic mass is 9.90. The molecule has 0 atom stereocenters. The van der Waals surface area contributed by atoms with Crippen LogP contribution in [-0.2, 0) is 14.8 Å². The lowest BCUT2D eigenvalue weighted by Crippen LogP contribution is -2.35. The molecule has 1 fully saturated rings. The molecule has 19 heavy (non-hydrogen) atoms. The maximum absolute atomic E-state index is 11.3. The normalized spacial score (nSPS) is 18.8. The summed E-state index contributed by atoms with van der Waals surface area (Å²) in [5, 5.41) is 5.20. The van der Waals surface area contributed by atoms with Gasteiger partial charge >= 0.3 is 0 Å². The molecule has 1 aliphatic carbocycles. The highest BCUT2D eigenvalue weighted by atomic mass is 32.2. The van der Waals surface area contributed by atoms with Crippen molar-refractivity contribution in [1.29, 1.82) is 0 Å². The van der Waals surface area contributed by atoms with E-state index in [-0.39, 0.29) is 11.2 Å². The first-order chi connectivity index (χ1) is 8.97. The highest BCUT2D eigenvalue weighted by molar-refractivity contribution is 7.89. The van der Waals surface area contributed by atoms with Gasteiger partial charge in [-0.15, -0.1) is 0 Å². The monoisotopic (exact) mass is 291 g/mol. The molecule has 1 saturated carbocycles. The van der Waals surface area contributed by atoms with Crippen LogP contribution in [0.5, 0.6) is 0 Å². The van der Waals surface area contributed by atoms with Crippen molar-refractivity contribution in [3.05, 3.63) is 0 Å². The molecule has 0 aliphatic heterocycles. The van der Waals surface area contributed by atoms with E-state index in [1.165, 1.54) is 25.7 Å². The van der Waals surface area contributed by atoms with Gasteiger partial charge < -0.3 is 4.74 Å². The molecule has 4 nitrogen and oxygen atoms in total. The molecule has 114 valence electrons. The zero-order valence-corrected chi connectivity index (χ0v) is 13.0. The van der Waals surface area contributed by atoms with E-state index in [2.05, 4.69) is 6.92 Å². The van der Waals surface area contributed by atoms with E-state index in [4.69, 9.17) is 9.88 Å². The van der Waals surface area contributed by atoms with Gasteiger partial charge in [-0.3, -0.25) is 0 Å². The SMILES string of the molecule is CCCCCCCOCC1(CS(N)(=O)=O)CCCC1. The molecule has 5 heteroatoms. The number of unbranched alkanes of at least 4 members (excludes halogenated alkanes) is 4. The molecule has 1 rings (SSSR count). The zero-order chi connectivity index (χ0) is 14.2. The van der Waals surface area contributed by atoms with Crippen LogP contribution in [0.1, 0.15) is 64.7 Å². The molecule has 0 radical (unpaired) electrons. The van der Waals surface area contributed by atoms with E-state index in [1.807, 2.05) is 0 Å². The average molecular weight is 291 g/mol. The lowest BCUT2D eigenvalue weighted by Gasteiger charge is -2.27. The van der Waals surface area contributed by atoms with Crippen molar-refractivity contribution in [1.82, 2.24) is 0 Å². The van der Waals surface area contributed by atoms with Crippen LogP contribution >= 0.6 is 0 Å². The molecule has 2 N–H and O–H groups in total. The number of ether oxygens (including phenoxy) is 1. The van der Waals surface area contributed by atoms with Gasteiger partial charge in [-0.05, 0) is 19.3 Å². The molecular formula is C14H29NO3S. The van der Waals surface area contributed by atoms with Crippen LogP contribution < -0.4 is 5.14 Å². The van der Waals surface area contributed by atoms with E-state index in [0.29, 0.717) is 6.61 Å². The van der Waals surface area contributed by atoms with Crippen molar-refractivity contribution < 1.29 is 13.2 Å². The Morgan fingerprint density at radius 1 is 1.11 bits per heavy atom. The number of hydrogen-bond acceptors (Lipinski definition) is 3. The maximum atomic E-state index is 11.3. The summed E-state index contributed by atoms with van der Waals surface area (Å²) in [7, 11) is -3.40. The van der Waals surface area contributed by atoms with Crippen LogP contribution in [0.3, 0.4) is 0 Å². The highest BCUT2D eigenvalue weighted by Gasteiger charge is 2.37. The largest absolute Gasteiger partial charge is 0.381 e. The number of hydrogen-bond donors (Lipinski definition) is 1. The Bertz CT molecular complexity index is 335. The fourth-order valence-corrected chi connectivity index (χ4v) is 4.20. The van der Waals surface area contributed by atoms with Crippen LogP contribution in [0.15, 0.2) is 0 Å². The van der Waals surface area contributed by atoms with E-state index in [0.717, 1.165) is 38.7 Å². The van der Waals surface area contributed by atoms with Crippen molar-refractivity contribution in [3.8, 4) is 0 Å². The number of primary sulfonamides is 1. The van der Waals surface area contributed by atoms with Gasteiger partial charge in [0.1, 0.15) is 0 Å². The predicted octanol–water partition coefficient (Wildman–Crippen LogP) is 2.82. The number of sulfonamides is 1. The van der Waals surface area contributed by atoms with Gasteiger partial charge in [-0.2, -0.15) is 0 Å². The molecule has 0 saturated heterocycles. The maximum Gasteiger partial charge on any atom is 0.209 e. The first-order valence-electron chi connectivity index (χ1n) is 7.56. The molecule has 0 aromatic carbocycles. The van der Waals surface area contributed by atoms with Gasteiger partial charge in [0.05, 0.1) is 12.4 Å². The minimum absolute atomic E-state index is 0.0792. The van der Waals surface area contributed by atoms with E-state index in [9.17, 15) is 8.42 Å². The van der Waals surface area contributed by atoms with Gasteiger partial charge in [-0.25, -0.2) is 13.6 Å². The predicted molar refractivity (Wildman–Crippen MR) is 78.5 cm³/mol. The molecule has 0 bridgehead atoms. The van der Waals surface area contributed by atoms with Gasteiger partial charge in [0, 0.05) is 12.0 Å². The molecule has 0 aromatic heterocycles. The van der Waals surface area contributed by atoms with Crippen LogP contribution in [0.4, 0.5) is 0 Å². The third-order valence-electron chi connectivity index (χ3n) is 3.97. The third kappa shape index (κ3) is 7.28. The van der Waals surface area contributed by atoms with Crippen LogP contribution in [0.2, 0.25) is 0 Å². The van der Waals surface area contributed by atoms with Crippen LogP contribution in [0.25, 0.3) is 0 Å². The summed E-state index contributed by atoms with van der Waals surface area (Å²) in [4.78, 5) is 0. The molecule has 0 unspecified atom stereocenters. The summed E-state index contributed by atoms with van der Waals surface area (Å²) in [6, 6.07) is 0. The Balaban J connectivity index is 2.23. The molecule has 0 heterocycles. The first kappa shape index (κ1) is 16.9. The van der Waals surface area contributed by atoms with Crippen molar-refractivity contribution in [3.63, 3.8) is 0 Å². The quantitative estimate of drug-likeness (QED) is 0.629. The van der Waals surface area contributed by atoms with Gasteiger partial charge in [-0.1, -0.05) is 45.4 Å². The number of nitrogens with two attached hydrogens (primary N) is 1. The first-order valence-corrected chi connectivity index (χ1v) is 9.27. The minimum atomic E-state index is -3.40. The summed E-state index contributed by atoms with van der Waals surface area (Å²) in [5.74, 6) is 0.0792. The fourth-order valence-electron chi connectivity index (χ4n) is 2.98. The summed E-state index contributed by atoms with van der Waals surface area (Å²) in [5.41, 5.74) is -0.211. The lowest BCUT2D eigenvalue weighted by molar-refractivity contribution is 0.0556.